The summed E-state index contributed by atoms with van der Waals surface area (Å²) in [5.41, 5.74) is 3.13. The fourth-order valence-corrected chi connectivity index (χ4v) is 2.77. The Morgan fingerprint density at radius 2 is 2.25 bits per heavy atom. The van der Waals surface area contributed by atoms with E-state index in [2.05, 4.69) is 21.0 Å². The molecule has 1 saturated heterocycles. The summed E-state index contributed by atoms with van der Waals surface area (Å²) in [5, 5.41) is 9.06. The van der Waals surface area contributed by atoms with Crippen molar-refractivity contribution in [3.8, 4) is 0 Å². The molecule has 0 aromatic carbocycles. The smallest absolute Gasteiger partial charge is 0.0794 e. The molecule has 2 heterocycles. The van der Waals surface area contributed by atoms with Gasteiger partial charge in [0.25, 0.3) is 0 Å². The number of nitrogens with zero attached hydrogens (tertiary/aromatic N) is 1. The highest BCUT2D eigenvalue weighted by Crippen LogP contribution is 2.14. The number of thiazole rings is 1. The molecule has 0 spiro atoms. The highest BCUT2D eigenvalue weighted by molar-refractivity contribution is 7.07. The van der Waals surface area contributed by atoms with Crippen LogP contribution < -0.4 is 10.6 Å². The second-order valence-corrected chi connectivity index (χ2v) is 5.18. The zero-order valence-electron chi connectivity index (χ0n) is 9.74. The lowest BCUT2D eigenvalue weighted by atomic mass is 9.95. The van der Waals surface area contributed by atoms with Crippen molar-refractivity contribution < 1.29 is 0 Å². The maximum atomic E-state index is 4.27. The van der Waals surface area contributed by atoms with E-state index >= 15 is 0 Å². The second-order valence-electron chi connectivity index (χ2n) is 4.46. The summed E-state index contributed by atoms with van der Waals surface area (Å²) >= 11 is 1.68. The second kappa shape index (κ2) is 6.99. The van der Waals surface area contributed by atoms with E-state index < -0.39 is 0 Å². The summed E-state index contributed by atoms with van der Waals surface area (Å²) in [5.74, 6) is 0.938. The van der Waals surface area contributed by atoms with Gasteiger partial charge in [0.2, 0.25) is 0 Å². The zero-order valence-corrected chi connectivity index (χ0v) is 10.6. The van der Waals surface area contributed by atoms with Gasteiger partial charge in [0, 0.05) is 18.3 Å². The Balaban J connectivity index is 1.48. The van der Waals surface area contributed by atoms with Crippen molar-refractivity contribution in [1.82, 2.24) is 15.6 Å². The molecular formula is C12H21N3S. The Labute approximate surface area is 102 Å². The summed E-state index contributed by atoms with van der Waals surface area (Å²) in [6, 6.07) is 0. The van der Waals surface area contributed by atoms with Crippen LogP contribution in [0.4, 0.5) is 0 Å². The molecule has 0 radical (unpaired) electrons. The quantitative estimate of drug-likeness (QED) is 0.741. The Bertz CT molecular complexity index is 268. The molecule has 0 saturated carbocycles. The van der Waals surface area contributed by atoms with Crippen LogP contribution in [-0.4, -0.2) is 31.2 Å². The van der Waals surface area contributed by atoms with Gasteiger partial charge in [0.15, 0.2) is 0 Å². The lowest BCUT2D eigenvalue weighted by Gasteiger charge is -2.22. The number of rotatable bonds is 6. The lowest BCUT2D eigenvalue weighted by molar-refractivity contribution is 0.349. The maximum Gasteiger partial charge on any atom is 0.0794 e. The van der Waals surface area contributed by atoms with Gasteiger partial charge in [-0.25, -0.2) is 4.98 Å². The summed E-state index contributed by atoms with van der Waals surface area (Å²) in [4.78, 5) is 4.27. The number of nitrogens with one attached hydrogen (secondary N) is 2. The van der Waals surface area contributed by atoms with E-state index in [1.54, 1.807) is 11.3 Å². The highest BCUT2D eigenvalue weighted by Gasteiger charge is 2.11. The number of piperidine rings is 1. The van der Waals surface area contributed by atoms with Gasteiger partial charge >= 0.3 is 0 Å². The van der Waals surface area contributed by atoms with Crippen molar-refractivity contribution in [2.24, 2.45) is 5.92 Å². The first-order valence-corrected chi connectivity index (χ1v) is 7.18. The minimum absolute atomic E-state index is 0.938. The van der Waals surface area contributed by atoms with Crippen molar-refractivity contribution in [2.45, 2.75) is 25.7 Å². The van der Waals surface area contributed by atoms with E-state index in [4.69, 9.17) is 0 Å². The van der Waals surface area contributed by atoms with Crippen LogP contribution in [0.15, 0.2) is 10.9 Å². The van der Waals surface area contributed by atoms with Crippen LogP contribution in [0.2, 0.25) is 0 Å². The third kappa shape index (κ3) is 4.20. The van der Waals surface area contributed by atoms with Crippen LogP contribution in [0.1, 0.15) is 25.0 Å². The highest BCUT2D eigenvalue weighted by atomic mass is 32.1. The first-order chi connectivity index (χ1) is 7.95. The molecule has 4 heteroatoms. The third-order valence-corrected chi connectivity index (χ3v) is 3.86. The van der Waals surface area contributed by atoms with Crippen molar-refractivity contribution in [3.63, 3.8) is 0 Å². The zero-order chi connectivity index (χ0) is 11.1. The van der Waals surface area contributed by atoms with E-state index in [-0.39, 0.29) is 0 Å². The first-order valence-electron chi connectivity index (χ1n) is 6.23. The number of hydrogen-bond acceptors (Lipinski definition) is 4. The van der Waals surface area contributed by atoms with Gasteiger partial charge in [0.1, 0.15) is 0 Å². The predicted octanol–water partition coefficient (Wildman–Crippen LogP) is 1.66. The SMILES string of the molecule is c1nc(CCNCCC2CCNCC2)cs1. The van der Waals surface area contributed by atoms with Gasteiger partial charge in [-0.15, -0.1) is 11.3 Å². The predicted molar refractivity (Wildman–Crippen MR) is 68.9 cm³/mol. The molecule has 0 atom stereocenters. The molecule has 2 rings (SSSR count). The van der Waals surface area contributed by atoms with Crippen molar-refractivity contribution in [1.29, 1.82) is 0 Å². The Hall–Kier alpha value is -0.450. The topological polar surface area (TPSA) is 37.0 Å². The van der Waals surface area contributed by atoms with Crippen LogP contribution in [0.5, 0.6) is 0 Å². The van der Waals surface area contributed by atoms with Gasteiger partial charge in [-0.05, 0) is 44.8 Å². The normalized spacial score (nSPS) is 17.8. The summed E-state index contributed by atoms with van der Waals surface area (Å²) < 4.78 is 0. The first kappa shape index (κ1) is 12.0. The molecule has 0 unspecified atom stereocenters. The van der Waals surface area contributed by atoms with E-state index in [0.29, 0.717) is 0 Å². The van der Waals surface area contributed by atoms with Crippen LogP contribution in [0.3, 0.4) is 0 Å². The molecule has 2 N–H and O–H groups in total. The minimum atomic E-state index is 0.938. The van der Waals surface area contributed by atoms with E-state index in [9.17, 15) is 0 Å². The monoisotopic (exact) mass is 239 g/mol. The van der Waals surface area contributed by atoms with Crippen LogP contribution in [0.25, 0.3) is 0 Å². The molecular weight excluding hydrogens is 218 g/mol. The molecule has 1 aliphatic rings. The van der Waals surface area contributed by atoms with E-state index in [1.165, 1.54) is 38.0 Å². The Kier molecular flexibility index (Phi) is 5.25. The average Bonchev–Trinajstić information content (AvgIpc) is 2.83. The molecule has 1 fully saturated rings. The maximum absolute atomic E-state index is 4.27. The van der Waals surface area contributed by atoms with Crippen molar-refractivity contribution >= 4 is 11.3 Å². The summed E-state index contributed by atoms with van der Waals surface area (Å²) in [7, 11) is 0. The number of hydrogen-bond donors (Lipinski definition) is 2. The fourth-order valence-electron chi connectivity index (χ4n) is 2.18. The van der Waals surface area contributed by atoms with Crippen LogP contribution in [0, 0.1) is 5.92 Å². The summed E-state index contributed by atoms with van der Waals surface area (Å²) in [6.45, 7) is 4.65. The molecule has 16 heavy (non-hydrogen) atoms. The van der Waals surface area contributed by atoms with Gasteiger partial charge in [-0.3, -0.25) is 0 Å². The van der Waals surface area contributed by atoms with Crippen molar-refractivity contribution in [2.75, 3.05) is 26.2 Å². The molecule has 1 aromatic heterocycles. The van der Waals surface area contributed by atoms with E-state index in [0.717, 1.165) is 25.4 Å². The van der Waals surface area contributed by atoms with Gasteiger partial charge < -0.3 is 10.6 Å². The molecule has 1 aromatic rings. The van der Waals surface area contributed by atoms with Gasteiger partial charge in [-0.2, -0.15) is 0 Å². The van der Waals surface area contributed by atoms with Gasteiger partial charge in [-0.1, -0.05) is 0 Å². The standard InChI is InChI=1S/C12H21N3S/c1-5-13-6-2-11(1)3-7-14-8-4-12-9-16-10-15-12/h9-11,13-14H,1-8H2. The van der Waals surface area contributed by atoms with Crippen LogP contribution >= 0.6 is 11.3 Å². The largest absolute Gasteiger partial charge is 0.317 e. The molecule has 0 amide bonds. The molecule has 1 aliphatic heterocycles. The van der Waals surface area contributed by atoms with Crippen LogP contribution in [-0.2, 0) is 6.42 Å². The third-order valence-electron chi connectivity index (χ3n) is 3.23. The van der Waals surface area contributed by atoms with Gasteiger partial charge in [0.05, 0.1) is 11.2 Å². The Morgan fingerprint density at radius 1 is 1.38 bits per heavy atom. The lowest BCUT2D eigenvalue weighted by Crippen LogP contribution is -2.30. The fraction of sp³-hybridized carbons (Fsp3) is 0.750. The number of aromatic nitrogens is 1. The van der Waals surface area contributed by atoms with E-state index in [1.807, 2.05) is 5.51 Å². The molecule has 0 aliphatic carbocycles. The molecule has 0 bridgehead atoms. The molecule has 90 valence electrons. The molecule has 3 nitrogen and oxygen atoms in total. The summed E-state index contributed by atoms with van der Waals surface area (Å²) in [6.07, 6.45) is 5.11. The average molecular weight is 239 g/mol. The Morgan fingerprint density at radius 3 is 3.00 bits per heavy atom. The minimum Gasteiger partial charge on any atom is -0.317 e. The van der Waals surface area contributed by atoms with Crippen molar-refractivity contribution in [3.05, 3.63) is 16.6 Å².